The van der Waals surface area contributed by atoms with Crippen molar-refractivity contribution in [1.29, 1.82) is 0 Å². The van der Waals surface area contributed by atoms with E-state index in [1.165, 1.54) is 0 Å². The second kappa shape index (κ2) is 5.39. The summed E-state index contributed by atoms with van der Waals surface area (Å²) >= 11 is 1.55. The topological polar surface area (TPSA) is 79.3 Å². The summed E-state index contributed by atoms with van der Waals surface area (Å²) in [7, 11) is 0. The molecule has 1 unspecified atom stereocenters. The Morgan fingerprint density at radius 3 is 2.89 bits per heavy atom. The van der Waals surface area contributed by atoms with Gasteiger partial charge in [0, 0.05) is 17.6 Å². The molecule has 1 aliphatic heterocycles. The van der Waals surface area contributed by atoms with E-state index in [1.54, 1.807) is 36.2 Å². The van der Waals surface area contributed by atoms with Crippen molar-refractivity contribution in [2.75, 3.05) is 11.5 Å². The van der Waals surface area contributed by atoms with Crippen molar-refractivity contribution in [3.63, 3.8) is 0 Å². The van der Waals surface area contributed by atoms with Gasteiger partial charge in [-0.15, -0.1) is 0 Å². The first-order valence-electron chi connectivity index (χ1n) is 5.64. The maximum absolute atomic E-state index is 11.9. The molecule has 1 atom stereocenters. The molecule has 1 fully saturated rings. The minimum atomic E-state index is -1.10. The van der Waals surface area contributed by atoms with Crippen LogP contribution in [0, 0.1) is 0 Å². The number of hydrogen-bond donors (Lipinski definition) is 2. The van der Waals surface area contributed by atoms with Crippen molar-refractivity contribution in [2.45, 2.75) is 18.4 Å². The van der Waals surface area contributed by atoms with Crippen LogP contribution in [-0.4, -0.2) is 39.0 Å². The van der Waals surface area contributed by atoms with E-state index in [4.69, 9.17) is 0 Å². The van der Waals surface area contributed by atoms with Crippen LogP contribution < -0.4 is 5.32 Å². The number of aliphatic carboxylic acids is 1. The Morgan fingerprint density at radius 2 is 2.33 bits per heavy atom. The standard InChI is InChI=1S/C12H14N2O3S/c15-10(7-9-3-1-2-5-13-9)14-12(11(16)17)4-6-18-8-12/h1-3,5H,4,6-8H2,(H,14,15)(H,16,17). The van der Waals surface area contributed by atoms with Gasteiger partial charge in [0.25, 0.3) is 0 Å². The van der Waals surface area contributed by atoms with E-state index in [0.29, 0.717) is 17.9 Å². The SMILES string of the molecule is O=C(Cc1ccccn1)NC1(C(=O)O)CCSC1. The molecule has 2 heterocycles. The highest BCUT2D eigenvalue weighted by atomic mass is 32.2. The summed E-state index contributed by atoms with van der Waals surface area (Å²) in [6.45, 7) is 0. The smallest absolute Gasteiger partial charge is 0.330 e. The molecule has 2 N–H and O–H groups in total. The molecule has 0 bridgehead atoms. The zero-order valence-corrected chi connectivity index (χ0v) is 10.6. The molecule has 1 saturated heterocycles. The van der Waals surface area contributed by atoms with E-state index in [0.717, 1.165) is 5.75 Å². The number of carboxylic acids is 1. The number of rotatable bonds is 4. The van der Waals surface area contributed by atoms with E-state index in [9.17, 15) is 14.7 Å². The number of amides is 1. The van der Waals surface area contributed by atoms with Gasteiger partial charge in [-0.05, 0) is 24.3 Å². The lowest BCUT2D eigenvalue weighted by Crippen LogP contribution is -2.55. The number of nitrogens with zero attached hydrogens (tertiary/aromatic N) is 1. The number of pyridine rings is 1. The first-order chi connectivity index (χ1) is 8.62. The van der Waals surface area contributed by atoms with Crippen molar-refractivity contribution >= 4 is 23.6 Å². The Hall–Kier alpha value is -1.56. The fourth-order valence-corrected chi connectivity index (χ4v) is 3.19. The maximum Gasteiger partial charge on any atom is 0.330 e. The quantitative estimate of drug-likeness (QED) is 0.838. The lowest BCUT2D eigenvalue weighted by Gasteiger charge is -2.24. The Labute approximate surface area is 109 Å². The normalized spacial score (nSPS) is 22.7. The predicted octanol–water partition coefficient (Wildman–Crippen LogP) is 0.701. The summed E-state index contributed by atoms with van der Waals surface area (Å²) in [5, 5.41) is 11.9. The van der Waals surface area contributed by atoms with Crippen molar-refractivity contribution in [1.82, 2.24) is 10.3 Å². The Bertz CT molecular complexity index is 444. The molecule has 2 rings (SSSR count). The molecule has 96 valence electrons. The van der Waals surface area contributed by atoms with Crippen molar-refractivity contribution in [3.8, 4) is 0 Å². The molecule has 0 spiro atoms. The van der Waals surface area contributed by atoms with Crippen LogP contribution in [0.4, 0.5) is 0 Å². The third-order valence-electron chi connectivity index (χ3n) is 2.88. The zero-order chi connectivity index (χ0) is 13.0. The van der Waals surface area contributed by atoms with Crippen LogP contribution in [0.25, 0.3) is 0 Å². The van der Waals surface area contributed by atoms with Crippen LogP contribution in [-0.2, 0) is 16.0 Å². The molecule has 0 saturated carbocycles. The minimum Gasteiger partial charge on any atom is -0.479 e. The first-order valence-corrected chi connectivity index (χ1v) is 6.80. The summed E-state index contributed by atoms with van der Waals surface area (Å²) in [5.74, 6) is -0.0626. The molecule has 0 radical (unpaired) electrons. The summed E-state index contributed by atoms with van der Waals surface area (Å²) in [5.41, 5.74) is -0.461. The fourth-order valence-electron chi connectivity index (χ4n) is 1.86. The van der Waals surface area contributed by atoms with Gasteiger partial charge in [-0.3, -0.25) is 9.78 Å². The van der Waals surface area contributed by atoms with E-state index in [1.807, 2.05) is 0 Å². The van der Waals surface area contributed by atoms with E-state index in [2.05, 4.69) is 10.3 Å². The fraction of sp³-hybridized carbons (Fsp3) is 0.417. The summed E-state index contributed by atoms with van der Waals surface area (Å²) < 4.78 is 0. The Balaban J connectivity index is 2.00. The largest absolute Gasteiger partial charge is 0.479 e. The van der Waals surface area contributed by atoms with Gasteiger partial charge in [-0.2, -0.15) is 11.8 Å². The monoisotopic (exact) mass is 266 g/mol. The van der Waals surface area contributed by atoms with Crippen LogP contribution in [0.1, 0.15) is 12.1 Å². The second-order valence-corrected chi connectivity index (χ2v) is 5.34. The molecule has 18 heavy (non-hydrogen) atoms. The zero-order valence-electron chi connectivity index (χ0n) is 9.76. The number of hydrogen-bond acceptors (Lipinski definition) is 4. The highest BCUT2D eigenvalue weighted by Gasteiger charge is 2.43. The average Bonchev–Trinajstić information content (AvgIpc) is 2.80. The van der Waals surface area contributed by atoms with Gasteiger partial charge in [-0.1, -0.05) is 6.07 Å². The van der Waals surface area contributed by atoms with Gasteiger partial charge in [-0.25, -0.2) is 4.79 Å². The third-order valence-corrected chi connectivity index (χ3v) is 4.07. The van der Waals surface area contributed by atoms with Crippen molar-refractivity contribution in [2.24, 2.45) is 0 Å². The summed E-state index contributed by atoms with van der Waals surface area (Å²) in [4.78, 5) is 27.2. The molecule has 0 aliphatic carbocycles. The van der Waals surface area contributed by atoms with Crippen LogP contribution in [0.3, 0.4) is 0 Å². The average molecular weight is 266 g/mol. The number of aromatic nitrogens is 1. The summed E-state index contributed by atoms with van der Waals surface area (Å²) in [6, 6.07) is 5.32. The minimum absolute atomic E-state index is 0.112. The number of carbonyl (C=O) groups is 2. The molecule has 1 amide bonds. The maximum atomic E-state index is 11.9. The lowest BCUT2D eigenvalue weighted by molar-refractivity contribution is -0.146. The first kappa shape index (κ1) is 12.9. The van der Waals surface area contributed by atoms with Gasteiger partial charge < -0.3 is 10.4 Å². The van der Waals surface area contributed by atoms with Gasteiger partial charge >= 0.3 is 5.97 Å². The van der Waals surface area contributed by atoms with E-state index >= 15 is 0 Å². The Morgan fingerprint density at radius 1 is 1.50 bits per heavy atom. The van der Waals surface area contributed by atoms with E-state index < -0.39 is 11.5 Å². The number of nitrogens with one attached hydrogen (secondary N) is 1. The summed E-state index contributed by atoms with van der Waals surface area (Å²) in [6.07, 6.45) is 2.20. The molecule has 5 nitrogen and oxygen atoms in total. The predicted molar refractivity (Wildman–Crippen MR) is 68.4 cm³/mol. The number of carboxylic acid groups (broad SMARTS) is 1. The second-order valence-electron chi connectivity index (χ2n) is 4.24. The molecule has 0 aromatic carbocycles. The molecule has 6 heteroatoms. The third kappa shape index (κ3) is 2.81. The van der Waals surface area contributed by atoms with Crippen LogP contribution in [0.5, 0.6) is 0 Å². The van der Waals surface area contributed by atoms with Crippen LogP contribution >= 0.6 is 11.8 Å². The highest BCUT2D eigenvalue weighted by molar-refractivity contribution is 7.99. The van der Waals surface area contributed by atoms with Gasteiger partial charge in [0.2, 0.25) is 5.91 Å². The number of thioether (sulfide) groups is 1. The van der Waals surface area contributed by atoms with Crippen molar-refractivity contribution < 1.29 is 14.7 Å². The van der Waals surface area contributed by atoms with Crippen molar-refractivity contribution in [3.05, 3.63) is 30.1 Å². The molecule has 1 aliphatic rings. The molecule has 1 aromatic rings. The van der Waals surface area contributed by atoms with Gasteiger partial charge in [0.05, 0.1) is 6.42 Å². The Kier molecular flexibility index (Phi) is 3.86. The van der Waals surface area contributed by atoms with Crippen LogP contribution in [0.15, 0.2) is 24.4 Å². The van der Waals surface area contributed by atoms with Crippen LogP contribution in [0.2, 0.25) is 0 Å². The lowest BCUT2D eigenvalue weighted by atomic mass is 9.99. The molecule has 1 aromatic heterocycles. The highest BCUT2D eigenvalue weighted by Crippen LogP contribution is 2.28. The van der Waals surface area contributed by atoms with E-state index in [-0.39, 0.29) is 12.3 Å². The molecular formula is C12H14N2O3S. The van der Waals surface area contributed by atoms with Gasteiger partial charge in [0.1, 0.15) is 5.54 Å². The number of carbonyl (C=O) groups excluding carboxylic acids is 1. The molecular weight excluding hydrogens is 252 g/mol. The van der Waals surface area contributed by atoms with Gasteiger partial charge in [0.15, 0.2) is 0 Å².